The molecule has 1 aliphatic carbocycles. The molecule has 2 unspecified atom stereocenters. The van der Waals surface area contributed by atoms with Crippen LogP contribution in [0.4, 0.5) is 13.6 Å². The molecule has 0 spiro atoms. The summed E-state index contributed by atoms with van der Waals surface area (Å²) < 4.78 is 31.8. The van der Waals surface area contributed by atoms with Crippen molar-refractivity contribution in [2.75, 3.05) is 13.2 Å². The minimum absolute atomic E-state index is 0.0897. The van der Waals surface area contributed by atoms with Crippen LogP contribution in [-0.4, -0.2) is 59.9 Å². The highest BCUT2D eigenvalue weighted by molar-refractivity contribution is 5.84. The van der Waals surface area contributed by atoms with E-state index in [0.29, 0.717) is 0 Å². The monoisotopic (exact) mass is 448 g/mol. The fourth-order valence-electron chi connectivity index (χ4n) is 3.63. The maximum Gasteiger partial charge on any atom is 0.407 e. The number of fused-ring (bicyclic) bond motifs is 3. The van der Waals surface area contributed by atoms with E-state index in [1.54, 1.807) is 0 Å². The summed E-state index contributed by atoms with van der Waals surface area (Å²) >= 11 is 0. The molecular weight excluding hydrogens is 426 g/mol. The van der Waals surface area contributed by atoms with Gasteiger partial charge in [-0.15, -0.1) is 0 Å². The zero-order valence-electron chi connectivity index (χ0n) is 16.8. The van der Waals surface area contributed by atoms with Crippen LogP contribution in [0.1, 0.15) is 23.5 Å². The summed E-state index contributed by atoms with van der Waals surface area (Å²) in [5.74, 6) is -2.84. The Morgan fingerprint density at radius 1 is 0.969 bits per heavy atom. The summed E-state index contributed by atoms with van der Waals surface area (Å²) in [4.78, 5) is 34.9. The van der Waals surface area contributed by atoms with Crippen LogP contribution in [-0.2, 0) is 14.3 Å². The second-order valence-electron chi connectivity index (χ2n) is 7.26. The molecule has 0 aliphatic heterocycles. The molecule has 2 amide bonds. The summed E-state index contributed by atoms with van der Waals surface area (Å²) in [6.07, 6.45) is -5.11. The molecule has 1 aliphatic rings. The predicted octanol–water partition coefficient (Wildman–Crippen LogP) is 2.11. The van der Waals surface area contributed by atoms with E-state index in [-0.39, 0.29) is 12.5 Å². The van der Waals surface area contributed by atoms with Crippen LogP contribution >= 0.6 is 0 Å². The number of aliphatic hydroxyl groups excluding tert-OH is 1. The molecule has 2 aromatic carbocycles. The molecule has 170 valence electrons. The maximum absolute atomic E-state index is 13.3. The number of rotatable bonds is 9. The van der Waals surface area contributed by atoms with Crippen molar-refractivity contribution in [3.05, 3.63) is 59.7 Å². The summed E-state index contributed by atoms with van der Waals surface area (Å²) in [6, 6.07) is 11.7. The summed E-state index contributed by atoms with van der Waals surface area (Å²) in [5.41, 5.74) is 3.93. The van der Waals surface area contributed by atoms with Crippen molar-refractivity contribution in [3.8, 4) is 11.1 Å². The quantitative estimate of drug-likeness (QED) is 0.466. The highest BCUT2D eigenvalue weighted by Gasteiger charge is 2.31. The van der Waals surface area contributed by atoms with E-state index in [4.69, 9.17) is 14.9 Å². The van der Waals surface area contributed by atoms with Crippen LogP contribution in [0.5, 0.6) is 0 Å². The molecule has 10 heteroatoms. The van der Waals surface area contributed by atoms with Crippen LogP contribution in [0.25, 0.3) is 11.1 Å². The number of amides is 2. The van der Waals surface area contributed by atoms with Gasteiger partial charge in [-0.05, 0) is 22.3 Å². The van der Waals surface area contributed by atoms with Crippen molar-refractivity contribution < 1.29 is 38.1 Å². The SMILES string of the molecule is O=C(CC(NC(=O)OCC1c2ccccc2-c2ccccc21)C(F)F)NC(CO)C(=O)O. The van der Waals surface area contributed by atoms with Crippen molar-refractivity contribution in [2.24, 2.45) is 0 Å². The molecule has 2 aromatic rings. The van der Waals surface area contributed by atoms with E-state index in [0.717, 1.165) is 22.3 Å². The van der Waals surface area contributed by atoms with Crippen LogP contribution in [0.3, 0.4) is 0 Å². The molecule has 32 heavy (non-hydrogen) atoms. The van der Waals surface area contributed by atoms with Gasteiger partial charge in [0.25, 0.3) is 6.43 Å². The zero-order valence-corrected chi connectivity index (χ0v) is 16.8. The van der Waals surface area contributed by atoms with Crippen LogP contribution in [0.15, 0.2) is 48.5 Å². The summed E-state index contributed by atoms with van der Waals surface area (Å²) in [6.45, 7) is -0.992. The number of aliphatic hydroxyl groups is 1. The van der Waals surface area contributed by atoms with Gasteiger partial charge >= 0.3 is 12.1 Å². The Morgan fingerprint density at radius 2 is 1.53 bits per heavy atom. The standard InChI is InChI=1S/C22H22F2N2O6/c23-20(24)17(9-19(28)25-18(10-27)21(29)30)26-22(31)32-11-16-14-7-3-1-5-12(14)13-6-2-4-8-15(13)16/h1-8,16-18,20,27H,9-11H2,(H,25,28)(H,26,31)(H,29,30). The topological polar surface area (TPSA) is 125 Å². The Labute approximate surface area is 182 Å². The van der Waals surface area contributed by atoms with Crippen molar-refractivity contribution in [3.63, 3.8) is 0 Å². The smallest absolute Gasteiger partial charge is 0.407 e. The molecule has 0 radical (unpaired) electrons. The number of benzene rings is 2. The van der Waals surface area contributed by atoms with Gasteiger partial charge in [0.2, 0.25) is 5.91 Å². The van der Waals surface area contributed by atoms with Gasteiger partial charge in [-0.25, -0.2) is 18.4 Å². The minimum Gasteiger partial charge on any atom is -0.480 e. The average Bonchev–Trinajstić information content (AvgIpc) is 3.09. The van der Waals surface area contributed by atoms with Gasteiger partial charge in [-0.2, -0.15) is 0 Å². The Kier molecular flexibility index (Phi) is 7.37. The lowest BCUT2D eigenvalue weighted by Gasteiger charge is -2.20. The van der Waals surface area contributed by atoms with Gasteiger partial charge < -0.3 is 25.6 Å². The predicted molar refractivity (Wildman–Crippen MR) is 109 cm³/mol. The lowest BCUT2D eigenvalue weighted by atomic mass is 9.98. The number of alkyl carbamates (subject to hydrolysis) is 1. The summed E-state index contributed by atoms with van der Waals surface area (Å²) in [5, 5.41) is 21.6. The summed E-state index contributed by atoms with van der Waals surface area (Å²) in [7, 11) is 0. The molecule has 0 bridgehead atoms. The lowest BCUT2D eigenvalue weighted by Crippen LogP contribution is -2.48. The normalized spacial score (nSPS) is 14.2. The number of nitrogens with one attached hydrogen (secondary N) is 2. The first kappa shape index (κ1) is 23.1. The van der Waals surface area contributed by atoms with E-state index in [2.05, 4.69) is 0 Å². The van der Waals surface area contributed by atoms with Gasteiger partial charge in [0.1, 0.15) is 18.7 Å². The van der Waals surface area contributed by atoms with Crippen LogP contribution < -0.4 is 10.6 Å². The number of alkyl halides is 2. The highest BCUT2D eigenvalue weighted by Crippen LogP contribution is 2.44. The van der Waals surface area contributed by atoms with Crippen LogP contribution in [0.2, 0.25) is 0 Å². The lowest BCUT2D eigenvalue weighted by molar-refractivity contribution is -0.143. The largest absolute Gasteiger partial charge is 0.480 e. The Bertz CT molecular complexity index is 954. The van der Waals surface area contributed by atoms with Gasteiger partial charge in [-0.3, -0.25) is 4.79 Å². The van der Waals surface area contributed by atoms with Crippen LogP contribution in [0, 0.1) is 0 Å². The highest BCUT2D eigenvalue weighted by atomic mass is 19.3. The average molecular weight is 448 g/mol. The number of carbonyl (C=O) groups excluding carboxylic acids is 2. The van der Waals surface area contributed by atoms with Crippen molar-refractivity contribution in [2.45, 2.75) is 30.8 Å². The molecule has 4 N–H and O–H groups in total. The zero-order chi connectivity index (χ0) is 23.3. The molecule has 0 saturated heterocycles. The second-order valence-corrected chi connectivity index (χ2v) is 7.26. The molecule has 0 heterocycles. The fraction of sp³-hybridized carbons (Fsp3) is 0.318. The number of aliphatic carboxylic acids is 1. The first-order chi connectivity index (χ1) is 15.3. The molecule has 8 nitrogen and oxygen atoms in total. The number of carboxylic acid groups (broad SMARTS) is 1. The molecular formula is C22H22F2N2O6. The second kappa shape index (κ2) is 10.2. The van der Waals surface area contributed by atoms with Crippen molar-refractivity contribution in [1.29, 1.82) is 0 Å². The third-order valence-corrected chi connectivity index (χ3v) is 5.17. The number of ether oxygens (including phenoxy) is 1. The van der Waals surface area contributed by atoms with Gasteiger partial charge in [0, 0.05) is 5.92 Å². The first-order valence-corrected chi connectivity index (χ1v) is 9.84. The minimum atomic E-state index is -3.10. The molecule has 0 fully saturated rings. The van der Waals surface area contributed by atoms with Gasteiger partial charge in [0.05, 0.1) is 13.0 Å². The number of hydrogen-bond donors (Lipinski definition) is 4. The van der Waals surface area contributed by atoms with Crippen molar-refractivity contribution >= 4 is 18.0 Å². The Hall–Kier alpha value is -3.53. The molecule has 3 rings (SSSR count). The number of carbonyl (C=O) groups is 3. The third-order valence-electron chi connectivity index (χ3n) is 5.17. The third kappa shape index (κ3) is 5.20. The van der Waals surface area contributed by atoms with E-state index in [9.17, 15) is 23.2 Å². The Balaban J connectivity index is 1.61. The Morgan fingerprint density at radius 3 is 2.03 bits per heavy atom. The molecule has 0 aromatic heterocycles. The van der Waals surface area contributed by atoms with E-state index in [1.165, 1.54) is 0 Å². The van der Waals surface area contributed by atoms with E-state index >= 15 is 0 Å². The van der Waals surface area contributed by atoms with Gasteiger partial charge in [-0.1, -0.05) is 48.5 Å². The molecule has 2 atom stereocenters. The van der Waals surface area contributed by atoms with Crippen molar-refractivity contribution in [1.82, 2.24) is 10.6 Å². The van der Waals surface area contributed by atoms with Gasteiger partial charge in [0.15, 0.2) is 0 Å². The van der Waals surface area contributed by atoms with E-state index in [1.807, 2.05) is 59.2 Å². The van der Waals surface area contributed by atoms with E-state index < -0.39 is 49.5 Å². The first-order valence-electron chi connectivity index (χ1n) is 9.84. The molecule has 0 saturated carbocycles. The number of carboxylic acids is 1. The number of halogens is 2. The fourth-order valence-corrected chi connectivity index (χ4v) is 3.63. The maximum atomic E-state index is 13.3. The number of hydrogen-bond acceptors (Lipinski definition) is 5.